The molecule has 9 nitrogen and oxygen atoms in total. The summed E-state index contributed by atoms with van der Waals surface area (Å²) < 4.78 is 0.0812. The number of non-ortho nitro benzene ring substituents is 1. The first-order valence-corrected chi connectivity index (χ1v) is 11.1. The normalized spacial score (nSPS) is 17.1. The molecule has 2 aromatic rings. The fourth-order valence-electron chi connectivity index (χ4n) is 3.54. The molecule has 3 amide bonds. The van der Waals surface area contributed by atoms with E-state index in [4.69, 9.17) is 0 Å². The molecule has 2 aliphatic heterocycles. The number of hydrogen-bond acceptors (Lipinski definition) is 7. The van der Waals surface area contributed by atoms with Gasteiger partial charge in [0.15, 0.2) is 0 Å². The Morgan fingerprint density at radius 1 is 1.25 bits per heavy atom. The highest BCUT2D eigenvalue weighted by Gasteiger charge is 2.37. The summed E-state index contributed by atoms with van der Waals surface area (Å²) in [6.07, 6.45) is 1.91. The molecule has 0 radical (unpaired) electrons. The number of nitro benzene ring substituents is 1. The van der Waals surface area contributed by atoms with Gasteiger partial charge in [0, 0.05) is 30.8 Å². The van der Waals surface area contributed by atoms with Crippen LogP contribution in [0.15, 0.2) is 45.8 Å². The van der Waals surface area contributed by atoms with Gasteiger partial charge in [-0.15, -0.1) is 0 Å². The Morgan fingerprint density at radius 2 is 1.97 bits per heavy atom. The predicted molar refractivity (Wildman–Crippen MR) is 121 cm³/mol. The monoisotopic (exact) mass is 517 g/mol. The van der Waals surface area contributed by atoms with Crippen LogP contribution in [0.5, 0.6) is 5.75 Å². The number of nitro groups is 1. The number of fused-ring (bicyclic) bond motifs is 1. The lowest BCUT2D eigenvalue weighted by Crippen LogP contribution is -2.44. The quantitative estimate of drug-likeness (QED) is 0.372. The number of halogens is 1. The number of aromatic hydroxyl groups is 1. The highest BCUT2D eigenvalue weighted by Crippen LogP contribution is 2.38. The number of benzene rings is 2. The van der Waals surface area contributed by atoms with Crippen LogP contribution in [0.4, 0.5) is 10.5 Å². The lowest BCUT2D eigenvalue weighted by Gasteiger charge is -2.29. The van der Waals surface area contributed by atoms with Gasteiger partial charge >= 0.3 is 0 Å². The fraction of sp³-hybridized carbons (Fsp3) is 0.190. The Bertz CT molecular complexity index is 1200. The van der Waals surface area contributed by atoms with Gasteiger partial charge in [0.2, 0.25) is 5.91 Å². The van der Waals surface area contributed by atoms with E-state index in [1.807, 2.05) is 24.3 Å². The summed E-state index contributed by atoms with van der Waals surface area (Å²) in [7, 11) is 0. The maximum atomic E-state index is 12.8. The number of phenolic OH excluding ortho intramolecular Hbond substituents is 1. The number of carbonyl (C=O) groups excluding carboxylic acids is 3. The van der Waals surface area contributed by atoms with E-state index in [1.165, 1.54) is 11.6 Å². The van der Waals surface area contributed by atoms with Crippen molar-refractivity contribution in [2.24, 2.45) is 0 Å². The smallest absolute Gasteiger partial charge is 0.294 e. The second-order valence-electron chi connectivity index (χ2n) is 7.22. The summed E-state index contributed by atoms with van der Waals surface area (Å²) in [6, 6.07) is 10.0. The van der Waals surface area contributed by atoms with Crippen LogP contribution in [-0.2, 0) is 22.6 Å². The zero-order chi connectivity index (χ0) is 23.0. The van der Waals surface area contributed by atoms with Crippen molar-refractivity contribution < 1.29 is 24.4 Å². The number of thioether (sulfide) groups is 1. The van der Waals surface area contributed by atoms with Crippen LogP contribution in [0.1, 0.15) is 16.7 Å². The number of phenols is 1. The van der Waals surface area contributed by atoms with Gasteiger partial charge in [-0.25, -0.2) is 0 Å². The highest BCUT2D eigenvalue weighted by molar-refractivity contribution is 9.10. The third-order valence-electron chi connectivity index (χ3n) is 5.23. The van der Waals surface area contributed by atoms with Crippen molar-refractivity contribution in [3.63, 3.8) is 0 Å². The van der Waals surface area contributed by atoms with Gasteiger partial charge in [0.05, 0.1) is 14.3 Å². The van der Waals surface area contributed by atoms with Gasteiger partial charge in [-0.05, 0) is 51.3 Å². The Balaban J connectivity index is 1.51. The standard InChI is InChI=1S/C21H16BrN3O6S/c22-16-9-15(25(30)31)7-14(19(16)27)8-17-20(28)24(21(29)32-17)11-18(26)23-6-5-12-3-1-2-4-13(12)10-23/h1-4,7-9,27H,5-6,10-11H2/b17-8-. The maximum Gasteiger partial charge on any atom is 0.294 e. The first kappa shape index (κ1) is 22.0. The molecular formula is C21H16BrN3O6S. The minimum Gasteiger partial charge on any atom is -0.506 e. The van der Waals surface area contributed by atoms with Crippen LogP contribution in [-0.4, -0.2) is 50.0 Å². The molecule has 11 heteroatoms. The van der Waals surface area contributed by atoms with Crippen molar-refractivity contribution in [2.45, 2.75) is 13.0 Å². The molecule has 0 aromatic heterocycles. The van der Waals surface area contributed by atoms with Crippen molar-refractivity contribution >= 4 is 56.5 Å². The largest absolute Gasteiger partial charge is 0.506 e. The number of amides is 3. The fourth-order valence-corrected chi connectivity index (χ4v) is 4.83. The van der Waals surface area contributed by atoms with Crippen molar-refractivity contribution in [2.75, 3.05) is 13.1 Å². The van der Waals surface area contributed by atoms with E-state index in [0.29, 0.717) is 31.3 Å². The SMILES string of the molecule is O=C(CN1C(=O)S/C(=C\c2cc([N+](=O)[O-])cc(Br)c2O)C1=O)N1CCc2ccccc2C1. The molecule has 164 valence electrons. The molecule has 0 atom stereocenters. The zero-order valence-electron chi connectivity index (χ0n) is 16.5. The molecule has 1 saturated heterocycles. The summed E-state index contributed by atoms with van der Waals surface area (Å²) in [5.41, 5.74) is 1.93. The third kappa shape index (κ3) is 4.26. The van der Waals surface area contributed by atoms with Gasteiger partial charge < -0.3 is 10.0 Å². The van der Waals surface area contributed by atoms with Gasteiger partial charge in [0.25, 0.3) is 16.8 Å². The number of rotatable bonds is 4. The van der Waals surface area contributed by atoms with Crippen LogP contribution in [0.2, 0.25) is 0 Å². The molecule has 4 rings (SSSR count). The lowest BCUT2D eigenvalue weighted by atomic mass is 10.00. The Hall–Kier alpha value is -3.18. The second kappa shape index (κ2) is 8.75. The minimum absolute atomic E-state index is 0.00976. The Labute approximate surface area is 195 Å². The van der Waals surface area contributed by atoms with Gasteiger partial charge in [-0.1, -0.05) is 24.3 Å². The summed E-state index contributed by atoms with van der Waals surface area (Å²) in [5, 5.41) is 20.6. The molecule has 32 heavy (non-hydrogen) atoms. The van der Waals surface area contributed by atoms with Gasteiger partial charge in [0.1, 0.15) is 12.3 Å². The summed E-state index contributed by atoms with van der Waals surface area (Å²) in [4.78, 5) is 50.8. The molecular weight excluding hydrogens is 502 g/mol. The molecule has 2 aliphatic rings. The van der Waals surface area contributed by atoms with Crippen LogP contribution in [0.3, 0.4) is 0 Å². The Kier molecular flexibility index (Phi) is 6.02. The first-order chi connectivity index (χ1) is 15.2. The predicted octanol–water partition coefficient (Wildman–Crippen LogP) is 3.68. The minimum atomic E-state index is -0.687. The lowest BCUT2D eigenvalue weighted by molar-refractivity contribution is -0.385. The number of nitrogens with zero attached hydrogens (tertiary/aromatic N) is 3. The van der Waals surface area contributed by atoms with Crippen LogP contribution in [0, 0.1) is 10.1 Å². The maximum absolute atomic E-state index is 12.8. The summed E-state index contributed by atoms with van der Waals surface area (Å²) in [6.45, 7) is 0.517. The highest BCUT2D eigenvalue weighted by atomic mass is 79.9. The topological polar surface area (TPSA) is 121 Å². The van der Waals surface area contributed by atoms with Gasteiger partial charge in [-0.2, -0.15) is 0 Å². The van der Waals surface area contributed by atoms with Crippen LogP contribution >= 0.6 is 27.7 Å². The molecule has 2 aromatic carbocycles. The van der Waals surface area contributed by atoms with E-state index in [0.717, 1.165) is 22.6 Å². The van der Waals surface area contributed by atoms with E-state index >= 15 is 0 Å². The van der Waals surface area contributed by atoms with Crippen LogP contribution in [0.25, 0.3) is 6.08 Å². The Morgan fingerprint density at radius 3 is 2.69 bits per heavy atom. The van der Waals surface area contributed by atoms with E-state index in [2.05, 4.69) is 15.9 Å². The average Bonchev–Trinajstić information content (AvgIpc) is 3.03. The first-order valence-electron chi connectivity index (χ1n) is 9.51. The van der Waals surface area contributed by atoms with Crippen LogP contribution < -0.4 is 0 Å². The molecule has 0 aliphatic carbocycles. The summed E-state index contributed by atoms with van der Waals surface area (Å²) >= 11 is 3.65. The van der Waals surface area contributed by atoms with Crippen molar-refractivity contribution in [3.05, 3.63) is 72.6 Å². The number of hydrogen-bond donors (Lipinski definition) is 1. The molecule has 0 bridgehead atoms. The average molecular weight is 518 g/mol. The molecule has 0 unspecified atom stereocenters. The third-order valence-corrected chi connectivity index (χ3v) is 6.74. The van der Waals surface area contributed by atoms with E-state index in [1.54, 1.807) is 4.90 Å². The number of imide groups is 1. The summed E-state index contributed by atoms with van der Waals surface area (Å²) in [5.74, 6) is -1.33. The van der Waals surface area contributed by atoms with Crippen molar-refractivity contribution in [3.8, 4) is 5.75 Å². The molecule has 0 saturated carbocycles. The van der Waals surface area contributed by atoms with E-state index in [-0.39, 0.29) is 32.3 Å². The number of carbonyl (C=O) groups is 3. The van der Waals surface area contributed by atoms with Gasteiger partial charge in [-0.3, -0.25) is 29.4 Å². The zero-order valence-corrected chi connectivity index (χ0v) is 18.9. The van der Waals surface area contributed by atoms with E-state index < -0.39 is 22.6 Å². The molecule has 2 heterocycles. The molecule has 1 fully saturated rings. The second-order valence-corrected chi connectivity index (χ2v) is 9.07. The van der Waals surface area contributed by atoms with Crippen molar-refractivity contribution in [1.29, 1.82) is 0 Å². The van der Waals surface area contributed by atoms with E-state index in [9.17, 15) is 29.6 Å². The van der Waals surface area contributed by atoms with Crippen molar-refractivity contribution in [1.82, 2.24) is 9.80 Å². The molecule has 0 spiro atoms. The molecule has 1 N–H and O–H groups in total.